The van der Waals surface area contributed by atoms with Gasteiger partial charge in [-0.1, -0.05) is 12.6 Å². The molecule has 1 atom stereocenters. The van der Waals surface area contributed by atoms with Crippen LogP contribution >= 0.6 is 0 Å². The smallest absolute Gasteiger partial charge is 0.228 e. The molecule has 3 rings (SSSR count). The molecule has 2 saturated heterocycles. The lowest BCUT2D eigenvalue weighted by Gasteiger charge is -2.38. The molecule has 0 bridgehead atoms. The quantitative estimate of drug-likeness (QED) is 0.853. The van der Waals surface area contributed by atoms with Gasteiger partial charge in [-0.25, -0.2) is 4.98 Å². The van der Waals surface area contributed by atoms with Gasteiger partial charge in [0.25, 0.3) is 0 Å². The number of anilines is 1. The van der Waals surface area contributed by atoms with Crippen molar-refractivity contribution >= 4 is 17.3 Å². The number of nitrogens with zero attached hydrogens (tertiary/aromatic N) is 3. The maximum Gasteiger partial charge on any atom is 0.228 e. The zero-order valence-electron chi connectivity index (χ0n) is 12.7. The molecule has 21 heavy (non-hydrogen) atoms. The van der Waals surface area contributed by atoms with Crippen molar-refractivity contribution in [1.29, 1.82) is 0 Å². The van der Waals surface area contributed by atoms with E-state index < -0.39 is 0 Å². The van der Waals surface area contributed by atoms with Crippen LogP contribution in [0.3, 0.4) is 0 Å². The Morgan fingerprint density at radius 2 is 2.24 bits per heavy atom. The van der Waals surface area contributed by atoms with Crippen LogP contribution in [0.15, 0.2) is 24.8 Å². The lowest BCUT2D eigenvalue weighted by molar-refractivity contribution is -0.120. The van der Waals surface area contributed by atoms with Gasteiger partial charge in [-0.3, -0.25) is 9.69 Å². The van der Waals surface area contributed by atoms with Crippen molar-refractivity contribution in [2.75, 3.05) is 31.1 Å². The number of hydrogen-bond donors (Lipinski definition) is 0. The van der Waals surface area contributed by atoms with Gasteiger partial charge in [0.15, 0.2) is 0 Å². The summed E-state index contributed by atoms with van der Waals surface area (Å²) in [5.41, 5.74) is 1.80. The Bertz CT molecular complexity index is 551. The lowest BCUT2D eigenvalue weighted by atomic mass is 9.95. The molecule has 1 amide bonds. The minimum absolute atomic E-state index is 0.196. The summed E-state index contributed by atoms with van der Waals surface area (Å²) in [7, 11) is 0. The molecular weight excluding hydrogens is 262 g/mol. The molecule has 1 aromatic heterocycles. The van der Waals surface area contributed by atoms with Crippen LogP contribution in [-0.4, -0.2) is 42.0 Å². The molecule has 0 N–H and O–H groups in total. The molecule has 1 aromatic rings. The third-order valence-electron chi connectivity index (χ3n) is 4.42. The number of aromatic nitrogens is 1. The number of rotatable bonds is 4. The summed E-state index contributed by atoms with van der Waals surface area (Å²) < 4.78 is 0. The van der Waals surface area contributed by atoms with E-state index >= 15 is 0 Å². The van der Waals surface area contributed by atoms with E-state index in [1.165, 1.54) is 19.5 Å². The zero-order valence-corrected chi connectivity index (χ0v) is 12.7. The van der Waals surface area contributed by atoms with Crippen LogP contribution < -0.4 is 4.90 Å². The molecule has 3 heterocycles. The third kappa shape index (κ3) is 3.16. The topological polar surface area (TPSA) is 36.4 Å². The summed E-state index contributed by atoms with van der Waals surface area (Å²) in [6.07, 6.45) is 2.96. The normalized spacial score (nSPS) is 23.0. The molecule has 0 aliphatic carbocycles. The van der Waals surface area contributed by atoms with E-state index in [9.17, 15) is 4.79 Å². The highest BCUT2D eigenvalue weighted by molar-refractivity contribution is 5.93. The summed E-state index contributed by atoms with van der Waals surface area (Å²) in [5.74, 6) is 1.54. The molecule has 0 spiro atoms. The van der Waals surface area contributed by atoms with Crippen molar-refractivity contribution in [2.24, 2.45) is 5.92 Å². The van der Waals surface area contributed by atoms with E-state index in [0.29, 0.717) is 12.3 Å². The first-order valence-corrected chi connectivity index (χ1v) is 7.79. The minimum atomic E-state index is 0.196. The monoisotopic (exact) mass is 285 g/mol. The van der Waals surface area contributed by atoms with Crippen molar-refractivity contribution in [3.05, 3.63) is 30.5 Å². The molecule has 2 fully saturated rings. The molecule has 0 saturated carbocycles. The van der Waals surface area contributed by atoms with Crippen LogP contribution in [0.1, 0.15) is 31.9 Å². The van der Waals surface area contributed by atoms with Crippen LogP contribution in [0.4, 0.5) is 5.82 Å². The van der Waals surface area contributed by atoms with E-state index in [1.54, 1.807) is 0 Å². The summed E-state index contributed by atoms with van der Waals surface area (Å²) >= 11 is 0. The van der Waals surface area contributed by atoms with Gasteiger partial charge < -0.3 is 4.90 Å². The number of allylic oxidation sites excluding steroid dienone is 1. The second kappa shape index (κ2) is 5.98. The van der Waals surface area contributed by atoms with Crippen molar-refractivity contribution in [1.82, 2.24) is 9.88 Å². The Labute approximate surface area is 126 Å². The largest absolute Gasteiger partial charge is 0.303 e. The van der Waals surface area contributed by atoms with Crippen LogP contribution in [0.5, 0.6) is 0 Å². The molecule has 4 heteroatoms. The van der Waals surface area contributed by atoms with Crippen molar-refractivity contribution in [3.63, 3.8) is 0 Å². The Morgan fingerprint density at radius 3 is 2.90 bits per heavy atom. The SMILES string of the molecule is C=C(C)c1cccc(N2C[C@@H](CN3CCC3)CCC2=O)n1. The summed E-state index contributed by atoms with van der Waals surface area (Å²) in [6, 6.07) is 5.83. The van der Waals surface area contributed by atoms with Gasteiger partial charge in [-0.05, 0) is 56.5 Å². The third-order valence-corrected chi connectivity index (χ3v) is 4.42. The molecule has 0 aromatic carbocycles. The van der Waals surface area contributed by atoms with E-state index in [2.05, 4.69) is 16.5 Å². The number of amides is 1. The van der Waals surface area contributed by atoms with E-state index in [0.717, 1.165) is 36.6 Å². The summed E-state index contributed by atoms with van der Waals surface area (Å²) in [5, 5.41) is 0. The van der Waals surface area contributed by atoms with E-state index in [1.807, 2.05) is 30.0 Å². The fourth-order valence-corrected chi connectivity index (χ4v) is 3.02. The number of pyridine rings is 1. The maximum absolute atomic E-state index is 12.2. The Kier molecular flexibility index (Phi) is 4.06. The maximum atomic E-state index is 12.2. The van der Waals surface area contributed by atoms with Gasteiger partial charge in [0, 0.05) is 19.5 Å². The highest BCUT2D eigenvalue weighted by Crippen LogP contribution is 2.25. The Balaban J connectivity index is 1.73. The number of hydrogen-bond acceptors (Lipinski definition) is 3. The second-order valence-electron chi connectivity index (χ2n) is 6.22. The first kappa shape index (κ1) is 14.3. The molecule has 0 radical (unpaired) electrons. The van der Waals surface area contributed by atoms with Crippen molar-refractivity contribution in [3.8, 4) is 0 Å². The number of carbonyl (C=O) groups excluding carboxylic acids is 1. The molecule has 112 valence electrons. The number of piperidine rings is 1. The first-order chi connectivity index (χ1) is 10.1. The predicted octanol–water partition coefficient (Wildman–Crippen LogP) is 2.56. The number of likely N-dealkylation sites (tertiary alicyclic amines) is 1. The average Bonchev–Trinajstić information content (AvgIpc) is 2.44. The Morgan fingerprint density at radius 1 is 1.43 bits per heavy atom. The zero-order chi connectivity index (χ0) is 14.8. The van der Waals surface area contributed by atoms with Crippen LogP contribution in [0, 0.1) is 5.92 Å². The van der Waals surface area contributed by atoms with Crippen molar-refractivity contribution in [2.45, 2.75) is 26.2 Å². The van der Waals surface area contributed by atoms with Gasteiger partial charge in [0.05, 0.1) is 5.69 Å². The predicted molar refractivity (Wildman–Crippen MR) is 85.1 cm³/mol. The summed E-state index contributed by atoms with van der Waals surface area (Å²) in [6.45, 7) is 10.2. The van der Waals surface area contributed by atoms with Crippen LogP contribution in [0.25, 0.3) is 5.57 Å². The van der Waals surface area contributed by atoms with E-state index in [-0.39, 0.29) is 5.91 Å². The fraction of sp³-hybridized carbons (Fsp3) is 0.529. The highest BCUT2D eigenvalue weighted by atomic mass is 16.2. The van der Waals surface area contributed by atoms with Gasteiger partial charge in [0.2, 0.25) is 5.91 Å². The minimum Gasteiger partial charge on any atom is -0.303 e. The molecule has 4 nitrogen and oxygen atoms in total. The Hall–Kier alpha value is -1.68. The lowest BCUT2D eigenvalue weighted by Crippen LogP contribution is -2.47. The van der Waals surface area contributed by atoms with Gasteiger partial charge in [-0.15, -0.1) is 0 Å². The highest BCUT2D eigenvalue weighted by Gasteiger charge is 2.29. The van der Waals surface area contributed by atoms with Gasteiger partial charge in [0.1, 0.15) is 5.82 Å². The first-order valence-electron chi connectivity index (χ1n) is 7.79. The van der Waals surface area contributed by atoms with E-state index in [4.69, 9.17) is 0 Å². The fourth-order valence-electron chi connectivity index (χ4n) is 3.02. The molecule has 0 unspecified atom stereocenters. The summed E-state index contributed by atoms with van der Waals surface area (Å²) in [4.78, 5) is 21.2. The standard InChI is InChI=1S/C17H23N3O/c1-13(2)15-5-3-6-16(18-15)20-12-14(7-8-17(20)21)11-19-9-4-10-19/h3,5-6,14H,1,4,7-12H2,2H3/t14-/m1/s1. The van der Waals surface area contributed by atoms with Gasteiger partial charge >= 0.3 is 0 Å². The van der Waals surface area contributed by atoms with Crippen LogP contribution in [0.2, 0.25) is 0 Å². The molecule has 2 aliphatic heterocycles. The molecule has 2 aliphatic rings. The van der Waals surface area contributed by atoms with Gasteiger partial charge in [-0.2, -0.15) is 0 Å². The van der Waals surface area contributed by atoms with Crippen molar-refractivity contribution < 1.29 is 4.79 Å². The number of carbonyl (C=O) groups is 1. The molecular formula is C17H23N3O. The average molecular weight is 285 g/mol. The van der Waals surface area contributed by atoms with Crippen LogP contribution in [-0.2, 0) is 4.79 Å². The second-order valence-corrected chi connectivity index (χ2v) is 6.22.